The average molecular weight is 481 g/mol. The van der Waals surface area contributed by atoms with Gasteiger partial charge in [0, 0.05) is 29.9 Å². The summed E-state index contributed by atoms with van der Waals surface area (Å²) >= 11 is 0. The van der Waals surface area contributed by atoms with E-state index in [1.54, 1.807) is 0 Å². The molecule has 4 rings (SSSR count). The van der Waals surface area contributed by atoms with E-state index < -0.39 is 0 Å². The number of rotatable bonds is 9. The van der Waals surface area contributed by atoms with E-state index in [0.717, 1.165) is 33.9 Å². The van der Waals surface area contributed by atoms with Gasteiger partial charge in [0.2, 0.25) is 0 Å². The van der Waals surface area contributed by atoms with Crippen molar-refractivity contribution in [3.05, 3.63) is 96.2 Å². The van der Waals surface area contributed by atoms with E-state index in [2.05, 4.69) is 28.5 Å². The van der Waals surface area contributed by atoms with Crippen LogP contribution in [-0.4, -0.2) is 29.1 Å². The van der Waals surface area contributed by atoms with Gasteiger partial charge in [0.1, 0.15) is 29.2 Å². The summed E-state index contributed by atoms with van der Waals surface area (Å²) in [6, 6.07) is 28.0. The van der Waals surface area contributed by atoms with E-state index in [4.69, 9.17) is 19.2 Å². The van der Waals surface area contributed by atoms with Gasteiger partial charge in [-0.25, -0.2) is 4.98 Å². The van der Waals surface area contributed by atoms with Crippen LogP contribution in [0.3, 0.4) is 0 Å². The zero-order chi connectivity index (χ0) is 25.3. The second-order valence-corrected chi connectivity index (χ2v) is 8.21. The van der Waals surface area contributed by atoms with Gasteiger partial charge in [0.25, 0.3) is 0 Å². The Balaban J connectivity index is 1.89. The third-order valence-electron chi connectivity index (χ3n) is 5.62. The minimum absolute atomic E-state index is 0.276. The topological polar surface area (TPSA) is 45.5 Å². The molecule has 36 heavy (non-hydrogen) atoms. The van der Waals surface area contributed by atoms with Crippen molar-refractivity contribution in [3.8, 4) is 40.2 Å². The van der Waals surface area contributed by atoms with Gasteiger partial charge in [0.05, 0.1) is 0 Å². The van der Waals surface area contributed by atoms with Crippen molar-refractivity contribution in [2.75, 3.05) is 13.2 Å². The standard InChI is InChI=1S/C31H32N2O3/c1-5-34-23(3)33-29(21-20-25-14-9-7-10-15-25)30(26-16-11-8-12-17-26)32-31(33)27-18-13-19-28(22-27)36-24(4)35-6-2/h7-19,22-24H,5-6H2,1-4H3. The Morgan fingerprint density at radius 3 is 2.14 bits per heavy atom. The van der Waals surface area contributed by atoms with E-state index in [-0.39, 0.29) is 12.5 Å². The lowest BCUT2D eigenvalue weighted by molar-refractivity contribution is -0.0613. The molecular formula is C31H32N2O3. The van der Waals surface area contributed by atoms with Gasteiger partial charge in [-0.1, -0.05) is 66.6 Å². The highest BCUT2D eigenvalue weighted by Gasteiger charge is 2.23. The molecule has 3 aromatic carbocycles. The summed E-state index contributed by atoms with van der Waals surface area (Å²) in [7, 11) is 0. The van der Waals surface area contributed by atoms with E-state index >= 15 is 0 Å². The Morgan fingerprint density at radius 2 is 1.44 bits per heavy atom. The second-order valence-electron chi connectivity index (χ2n) is 8.21. The Hall–Kier alpha value is -3.85. The fraction of sp³-hybridized carbons (Fsp3) is 0.258. The molecule has 1 heterocycles. The fourth-order valence-corrected chi connectivity index (χ4v) is 4.04. The summed E-state index contributed by atoms with van der Waals surface area (Å²) in [6.07, 6.45) is -0.624. The fourth-order valence-electron chi connectivity index (χ4n) is 4.04. The van der Waals surface area contributed by atoms with Crippen LogP contribution in [0.5, 0.6) is 5.75 Å². The van der Waals surface area contributed by atoms with Crippen LogP contribution in [0.4, 0.5) is 0 Å². The number of imidazole rings is 1. The highest BCUT2D eigenvalue weighted by atomic mass is 16.7. The number of nitrogens with zero attached hydrogens (tertiary/aromatic N) is 2. The van der Waals surface area contributed by atoms with Gasteiger partial charge in [-0.15, -0.1) is 0 Å². The molecule has 0 aliphatic heterocycles. The van der Waals surface area contributed by atoms with Crippen LogP contribution in [0.2, 0.25) is 0 Å². The highest BCUT2D eigenvalue weighted by molar-refractivity contribution is 5.72. The average Bonchev–Trinajstić information content (AvgIpc) is 3.29. The number of hydrogen-bond donors (Lipinski definition) is 0. The largest absolute Gasteiger partial charge is 0.465 e. The number of hydrogen-bond acceptors (Lipinski definition) is 4. The third-order valence-corrected chi connectivity index (χ3v) is 5.62. The second kappa shape index (κ2) is 12.2. The summed E-state index contributed by atoms with van der Waals surface area (Å²) in [5, 5.41) is 0. The maximum Gasteiger partial charge on any atom is 0.196 e. The number of ether oxygens (including phenoxy) is 3. The molecule has 0 fully saturated rings. The number of benzene rings is 3. The maximum atomic E-state index is 6.06. The smallest absolute Gasteiger partial charge is 0.196 e. The lowest BCUT2D eigenvalue weighted by Crippen LogP contribution is -2.16. The van der Waals surface area contributed by atoms with Crippen LogP contribution in [0.15, 0.2) is 84.9 Å². The predicted octanol–water partition coefficient (Wildman–Crippen LogP) is 6.93. The molecule has 4 aromatic rings. The van der Waals surface area contributed by atoms with Crippen molar-refractivity contribution >= 4 is 0 Å². The minimum Gasteiger partial charge on any atom is -0.465 e. The molecule has 184 valence electrons. The van der Waals surface area contributed by atoms with Gasteiger partial charge in [-0.05, 0) is 57.9 Å². The molecule has 1 aromatic heterocycles. The first-order valence-electron chi connectivity index (χ1n) is 12.4. The zero-order valence-electron chi connectivity index (χ0n) is 21.3. The predicted molar refractivity (Wildman–Crippen MR) is 144 cm³/mol. The SMILES string of the molecule is CCOC(C)Oc1cccc(-c2nc(-c3ccccc3)c(C#Cc3ccccc3)n2C(C)OCC)c1. The summed E-state index contributed by atoms with van der Waals surface area (Å²) in [5.74, 6) is 8.20. The van der Waals surface area contributed by atoms with Gasteiger partial charge >= 0.3 is 0 Å². The molecule has 0 radical (unpaired) electrons. The van der Waals surface area contributed by atoms with Crippen molar-refractivity contribution in [1.82, 2.24) is 9.55 Å². The maximum absolute atomic E-state index is 6.06. The van der Waals surface area contributed by atoms with Crippen LogP contribution >= 0.6 is 0 Å². The number of aromatic nitrogens is 2. The summed E-state index contributed by atoms with van der Waals surface area (Å²) < 4.78 is 19.7. The lowest BCUT2D eigenvalue weighted by atomic mass is 10.1. The first-order chi connectivity index (χ1) is 17.6. The van der Waals surface area contributed by atoms with Crippen LogP contribution in [-0.2, 0) is 9.47 Å². The summed E-state index contributed by atoms with van der Waals surface area (Å²) in [5.41, 5.74) is 4.46. The minimum atomic E-state index is -0.348. The Morgan fingerprint density at radius 1 is 0.778 bits per heavy atom. The molecule has 0 saturated heterocycles. The third kappa shape index (κ3) is 6.04. The van der Waals surface area contributed by atoms with E-state index in [9.17, 15) is 0 Å². The Kier molecular flexibility index (Phi) is 8.57. The van der Waals surface area contributed by atoms with Crippen LogP contribution < -0.4 is 4.74 Å². The van der Waals surface area contributed by atoms with Gasteiger partial charge in [0.15, 0.2) is 6.29 Å². The molecule has 0 aliphatic rings. The quantitative estimate of drug-likeness (QED) is 0.192. The van der Waals surface area contributed by atoms with Crippen molar-refractivity contribution in [1.29, 1.82) is 0 Å². The molecular weight excluding hydrogens is 448 g/mol. The Labute approximate surface area is 213 Å². The first-order valence-corrected chi connectivity index (χ1v) is 12.4. The summed E-state index contributed by atoms with van der Waals surface area (Å²) in [6.45, 7) is 9.00. The molecule has 0 aliphatic carbocycles. The van der Waals surface area contributed by atoms with Crippen LogP contribution in [0.1, 0.15) is 45.2 Å². The van der Waals surface area contributed by atoms with E-state index in [1.165, 1.54) is 0 Å². The molecule has 5 nitrogen and oxygen atoms in total. The Bertz CT molecular complexity index is 1320. The lowest BCUT2D eigenvalue weighted by Gasteiger charge is -2.19. The molecule has 2 unspecified atom stereocenters. The molecule has 2 atom stereocenters. The normalized spacial score (nSPS) is 12.4. The van der Waals surface area contributed by atoms with Gasteiger partial charge in [-0.3, -0.25) is 4.57 Å². The van der Waals surface area contributed by atoms with Gasteiger partial charge < -0.3 is 14.2 Å². The van der Waals surface area contributed by atoms with Crippen molar-refractivity contribution in [3.63, 3.8) is 0 Å². The van der Waals surface area contributed by atoms with E-state index in [0.29, 0.717) is 19.0 Å². The monoisotopic (exact) mass is 480 g/mol. The molecule has 0 spiro atoms. The van der Waals surface area contributed by atoms with Crippen LogP contribution in [0, 0.1) is 11.8 Å². The molecule has 0 N–H and O–H groups in total. The summed E-state index contributed by atoms with van der Waals surface area (Å²) in [4.78, 5) is 5.12. The van der Waals surface area contributed by atoms with Gasteiger partial charge in [-0.2, -0.15) is 0 Å². The molecule has 0 bridgehead atoms. The van der Waals surface area contributed by atoms with E-state index in [1.807, 2.05) is 100 Å². The molecule has 5 heteroatoms. The molecule has 0 saturated carbocycles. The van der Waals surface area contributed by atoms with Crippen molar-refractivity contribution in [2.24, 2.45) is 0 Å². The first kappa shape index (κ1) is 25.2. The van der Waals surface area contributed by atoms with Crippen molar-refractivity contribution in [2.45, 2.75) is 40.2 Å². The van der Waals surface area contributed by atoms with Crippen LogP contribution in [0.25, 0.3) is 22.6 Å². The zero-order valence-corrected chi connectivity index (χ0v) is 21.3. The highest BCUT2D eigenvalue weighted by Crippen LogP contribution is 2.33. The molecule has 0 amide bonds. The van der Waals surface area contributed by atoms with Crippen molar-refractivity contribution < 1.29 is 14.2 Å².